The van der Waals surface area contributed by atoms with Gasteiger partial charge in [-0.1, -0.05) is 0 Å². The molecule has 0 N–H and O–H groups in total. The topological polar surface area (TPSA) is 72.9 Å². The Labute approximate surface area is 150 Å². The van der Waals surface area contributed by atoms with Crippen LogP contribution in [0, 0.1) is 6.92 Å². The molecule has 0 aromatic carbocycles. The van der Waals surface area contributed by atoms with Crippen molar-refractivity contribution in [2.24, 2.45) is 0 Å². The summed E-state index contributed by atoms with van der Waals surface area (Å²) in [5.41, 5.74) is 2.69. The molecule has 0 atom stereocenters. The predicted molar refractivity (Wildman–Crippen MR) is 96.6 cm³/mol. The molecule has 1 saturated heterocycles. The van der Waals surface area contributed by atoms with Crippen LogP contribution in [0.5, 0.6) is 5.88 Å². The summed E-state index contributed by atoms with van der Waals surface area (Å²) in [5, 5.41) is 8.56. The van der Waals surface area contributed by atoms with E-state index < -0.39 is 0 Å². The Bertz CT molecular complexity index is 1060. The quantitative estimate of drug-likeness (QED) is 0.564. The third kappa shape index (κ3) is 2.63. The average Bonchev–Trinajstić information content (AvgIpc) is 3.30. The molecule has 4 aromatic heterocycles. The van der Waals surface area contributed by atoms with E-state index >= 15 is 0 Å². The van der Waals surface area contributed by atoms with Gasteiger partial charge in [0, 0.05) is 62.1 Å². The van der Waals surface area contributed by atoms with Crippen LogP contribution in [0.2, 0.25) is 0 Å². The number of aryl methyl sites for hydroxylation is 1. The Hall–Kier alpha value is -3.16. The zero-order valence-electron chi connectivity index (χ0n) is 14.5. The first-order chi connectivity index (χ1) is 12.8. The molecule has 132 valence electrons. The number of ether oxygens (including phenoxy) is 1. The van der Waals surface area contributed by atoms with Crippen molar-refractivity contribution in [3.63, 3.8) is 0 Å². The maximum atomic E-state index is 6.10. The van der Waals surface area contributed by atoms with Crippen LogP contribution in [0.15, 0.2) is 42.9 Å². The molecule has 5 heterocycles. The van der Waals surface area contributed by atoms with Crippen LogP contribution in [0.4, 0.5) is 5.82 Å². The molecule has 26 heavy (non-hydrogen) atoms. The van der Waals surface area contributed by atoms with Crippen molar-refractivity contribution in [2.45, 2.75) is 25.9 Å². The minimum absolute atomic E-state index is 0.167. The van der Waals surface area contributed by atoms with Gasteiger partial charge in [0.2, 0.25) is 5.88 Å². The van der Waals surface area contributed by atoms with Gasteiger partial charge in [-0.05, 0) is 6.92 Å². The minimum atomic E-state index is 0.167. The second kappa shape index (κ2) is 5.98. The summed E-state index contributed by atoms with van der Waals surface area (Å²) in [5.74, 6) is 1.75. The molecule has 0 amide bonds. The van der Waals surface area contributed by atoms with Crippen molar-refractivity contribution in [3.05, 3.63) is 48.5 Å². The monoisotopic (exact) mass is 349 g/mol. The molecule has 4 aromatic rings. The molecule has 8 heteroatoms. The lowest BCUT2D eigenvalue weighted by atomic mass is 10.1. The van der Waals surface area contributed by atoms with E-state index in [1.165, 1.54) is 0 Å². The summed E-state index contributed by atoms with van der Waals surface area (Å²) in [6.07, 6.45) is 7.45. The molecule has 0 bridgehead atoms. The Morgan fingerprint density at radius 3 is 2.69 bits per heavy atom. The van der Waals surface area contributed by atoms with Gasteiger partial charge in [-0.2, -0.15) is 19.7 Å². The maximum Gasteiger partial charge on any atom is 0.217 e. The number of nitrogens with zero attached hydrogens (tertiary/aromatic N) is 7. The molecule has 8 nitrogen and oxygen atoms in total. The lowest BCUT2D eigenvalue weighted by molar-refractivity contribution is 0.164. The number of hydrogen-bond acceptors (Lipinski definition) is 6. The summed E-state index contributed by atoms with van der Waals surface area (Å²) in [4.78, 5) is 11.4. The van der Waals surface area contributed by atoms with E-state index in [1.807, 2.05) is 35.8 Å². The van der Waals surface area contributed by atoms with Crippen molar-refractivity contribution in [3.8, 4) is 5.88 Å². The van der Waals surface area contributed by atoms with Gasteiger partial charge in [0.25, 0.3) is 0 Å². The third-order valence-corrected chi connectivity index (χ3v) is 4.75. The standard InChI is InChI=1S/C18H19N7O/c1-13-12-18(25-16(21-13)3-8-20-25)23-9-4-14(5-10-23)26-17-6-11-24-15(22-17)2-7-19-24/h2-3,6-8,11-12,14H,4-5,9-10H2,1H3. The van der Waals surface area contributed by atoms with E-state index in [1.54, 1.807) is 16.9 Å². The van der Waals surface area contributed by atoms with Crippen LogP contribution < -0.4 is 9.64 Å². The molecule has 0 radical (unpaired) electrons. The smallest absolute Gasteiger partial charge is 0.217 e. The SMILES string of the molecule is Cc1cc(N2CCC(Oc3ccn4nccc4n3)CC2)n2nccc2n1. The van der Waals surface area contributed by atoms with E-state index in [4.69, 9.17) is 4.74 Å². The number of piperidine rings is 1. The summed E-state index contributed by atoms with van der Waals surface area (Å²) in [6, 6.07) is 7.77. The third-order valence-electron chi connectivity index (χ3n) is 4.75. The van der Waals surface area contributed by atoms with Gasteiger partial charge in [0.05, 0.1) is 12.4 Å². The normalized spacial score (nSPS) is 15.8. The molecular weight excluding hydrogens is 330 g/mol. The van der Waals surface area contributed by atoms with Gasteiger partial charge < -0.3 is 9.64 Å². The van der Waals surface area contributed by atoms with E-state index in [2.05, 4.69) is 31.1 Å². The second-order valence-corrected chi connectivity index (χ2v) is 6.56. The van der Waals surface area contributed by atoms with Crippen LogP contribution in [0.25, 0.3) is 11.3 Å². The molecule has 0 spiro atoms. The van der Waals surface area contributed by atoms with Crippen molar-refractivity contribution < 1.29 is 4.74 Å². The molecule has 0 saturated carbocycles. The van der Waals surface area contributed by atoms with Gasteiger partial charge in [-0.15, -0.1) is 0 Å². The molecule has 1 aliphatic heterocycles. The Morgan fingerprint density at radius 2 is 1.81 bits per heavy atom. The number of anilines is 1. The van der Waals surface area contributed by atoms with E-state index in [-0.39, 0.29) is 6.10 Å². The van der Waals surface area contributed by atoms with Crippen LogP contribution >= 0.6 is 0 Å². The fourth-order valence-corrected chi connectivity index (χ4v) is 3.48. The fraction of sp³-hybridized carbons (Fsp3) is 0.333. The van der Waals surface area contributed by atoms with Gasteiger partial charge in [0.1, 0.15) is 11.9 Å². The lowest BCUT2D eigenvalue weighted by Crippen LogP contribution is -2.39. The first kappa shape index (κ1) is 15.1. The molecule has 0 aliphatic carbocycles. The highest BCUT2D eigenvalue weighted by atomic mass is 16.5. The zero-order chi connectivity index (χ0) is 17.5. The number of rotatable bonds is 3. The highest BCUT2D eigenvalue weighted by Gasteiger charge is 2.23. The highest BCUT2D eigenvalue weighted by Crippen LogP contribution is 2.23. The maximum absolute atomic E-state index is 6.10. The van der Waals surface area contributed by atoms with Crippen LogP contribution in [0.3, 0.4) is 0 Å². The lowest BCUT2D eigenvalue weighted by Gasteiger charge is -2.33. The van der Waals surface area contributed by atoms with Gasteiger partial charge in [0.15, 0.2) is 11.3 Å². The zero-order valence-corrected chi connectivity index (χ0v) is 14.5. The first-order valence-corrected chi connectivity index (χ1v) is 8.80. The number of hydrogen-bond donors (Lipinski definition) is 0. The fourth-order valence-electron chi connectivity index (χ4n) is 3.48. The summed E-state index contributed by atoms with van der Waals surface area (Å²) < 4.78 is 9.74. The van der Waals surface area contributed by atoms with Crippen LogP contribution in [-0.2, 0) is 0 Å². The minimum Gasteiger partial charge on any atom is -0.474 e. The highest BCUT2D eigenvalue weighted by molar-refractivity contribution is 5.51. The number of aromatic nitrogens is 6. The average molecular weight is 349 g/mol. The van der Waals surface area contributed by atoms with Crippen LogP contribution in [0.1, 0.15) is 18.5 Å². The van der Waals surface area contributed by atoms with Crippen molar-refractivity contribution in [1.82, 2.24) is 29.2 Å². The molecule has 0 unspecified atom stereocenters. The van der Waals surface area contributed by atoms with Crippen molar-refractivity contribution in [2.75, 3.05) is 18.0 Å². The van der Waals surface area contributed by atoms with E-state index in [0.717, 1.165) is 48.7 Å². The van der Waals surface area contributed by atoms with Gasteiger partial charge >= 0.3 is 0 Å². The van der Waals surface area contributed by atoms with Crippen molar-refractivity contribution in [1.29, 1.82) is 0 Å². The Kier molecular flexibility index (Phi) is 3.48. The summed E-state index contributed by atoms with van der Waals surface area (Å²) in [7, 11) is 0. The Morgan fingerprint density at radius 1 is 1.00 bits per heavy atom. The molecule has 1 aliphatic rings. The Balaban J connectivity index is 1.30. The second-order valence-electron chi connectivity index (χ2n) is 6.56. The molecule has 1 fully saturated rings. The van der Waals surface area contributed by atoms with Crippen molar-refractivity contribution >= 4 is 17.1 Å². The van der Waals surface area contributed by atoms with Crippen LogP contribution in [-0.4, -0.2) is 48.4 Å². The predicted octanol–water partition coefficient (Wildman–Crippen LogP) is 2.13. The summed E-state index contributed by atoms with van der Waals surface area (Å²) >= 11 is 0. The summed E-state index contributed by atoms with van der Waals surface area (Å²) in [6.45, 7) is 3.85. The number of fused-ring (bicyclic) bond motifs is 2. The molecule has 5 rings (SSSR count). The van der Waals surface area contributed by atoms with E-state index in [0.29, 0.717) is 5.88 Å². The van der Waals surface area contributed by atoms with E-state index in [9.17, 15) is 0 Å². The first-order valence-electron chi connectivity index (χ1n) is 8.80. The van der Waals surface area contributed by atoms with Gasteiger partial charge in [-0.25, -0.2) is 9.50 Å². The van der Waals surface area contributed by atoms with Gasteiger partial charge in [-0.3, -0.25) is 0 Å². The largest absolute Gasteiger partial charge is 0.474 e. The molecular formula is C18H19N7O.